The van der Waals surface area contributed by atoms with Gasteiger partial charge in [-0.25, -0.2) is 4.98 Å². The molecular weight excluding hydrogens is 330 g/mol. The van der Waals surface area contributed by atoms with Crippen LogP contribution in [0.1, 0.15) is 30.5 Å². The lowest BCUT2D eigenvalue weighted by molar-refractivity contribution is -0.144. The third-order valence-corrected chi connectivity index (χ3v) is 5.02. The maximum Gasteiger partial charge on any atom is 0.261 e. The van der Waals surface area contributed by atoms with E-state index in [0.29, 0.717) is 0 Å². The van der Waals surface area contributed by atoms with Gasteiger partial charge in [0.2, 0.25) is 0 Å². The van der Waals surface area contributed by atoms with Crippen molar-refractivity contribution in [3.8, 4) is 11.4 Å². The summed E-state index contributed by atoms with van der Waals surface area (Å²) in [5.74, 6) is 1.73. The molecular formula is C20H23N3O3. The first kappa shape index (κ1) is 16.7. The molecule has 0 aliphatic carbocycles. The summed E-state index contributed by atoms with van der Waals surface area (Å²) in [4.78, 5) is 18.3. The molecule has 3 heterocycles. The summed E-state index contributed by atoms with van der Waals surface area (Å²) in [6.07, 6.45) is 8.93. The highest BCUT2D eigenvalue weighted by atomic mass is 16.5. The number of hydrogen-bond donors (Lipinski definition) is 0. The van der Waals surface area contributed by atoms with Crippen molar-refractivity contribution in [3.05, 3.63) is 47.7 Å². The average molecular weight is 353 g/mol. The number of piperidine rings is 1. The Morgan fingerprint density at radius 1 is 1.35 bits per heavy atom. The second-order valence-corrected chi connectivity index (χ2v) is 6.79. The molecule has 0 radical (unpaired) electrons. The van der Waals surface area contributed by atoms with Gasteiger partial charge >= 0.3 is 0 Å². The molecule has 1 aromatic carbocycles. The number of benzene rings is 1. The third kappa shape index (κ3) is 3.07. The Balaban J connectivity index is 1.65. The van der Waals surface area contributed by atoms with Gasteiger partial charge in [0.25, 0.3) is 5.91 Å². The van der Waals surface area contributed by atoms with E-state index in [1.165, 1.54) is 0 Å². The summed E-state index contributed by atoms with van der Waals surface area (Å²) >= 11 is 0. The van der Waals surface area contributed by atoms with E-state index in [0.717, 1.165) is 54.3 Å². The number of rotatable bonds is 3. The van der Waals surface area contributed by atoms with Crippen molar-refractivity contribution in [1.29, 1.82) is 0 Å². The van der Waals surface area contributed by atoms with Crippen molar-refractivity contribution in [2.45, 2.75) is 32.2 Å². The van der Waals surface area contributed by atoms with Gasteiger partial charge in [-0.05, 0) is 50.0 Å². The maximum absolute atomic E-state index is 12.1. The van der Waals surface area contributed by atoms with Gasteiger partial charge < -0.3 is 18.9 Å². The number of carbonyl (C=O) groups excluding carboxylic acids is 1. The number of imidazole rings is 1. The predicted octanol–water partition coefficient (Wildman–Crippen LogP) is 2.94. The molecule has 2 aromatic rings. The van der Waals surface area contributed by atoms with Crippen LogP contribution in [0.3, 0.4) is 0 Å². The minimum atomic E-state index is 0.0620. The number of hydrogen-bond acceptors (Lipinski definition) is 4. The summed E-state index contributed by atoms with van der Waals surface area (Å²) in [6, 6.07) is 6.10. The first-order chi connectivity index (χ1) is 12.7. The summed E-state index contributed by atoms with van der Waals surface area (Å²) in [5, 5.41) is 0. The highest BCUT2D eigenvalue weighted by Gasteiger charge is 2.34. The zero-order chi connectivity index (χ0) is 18.1. The van der Waals surface area contributed by atoms with Crippen LogP contribution in [-0.2, 0) is 9.53 Å². The number of nitrogens with zero attached hydrogens (tertiary/aromatic N) is 3. The maximum atomic E-state index is 12.1. The van der Waals surface area contributed by atoms with Crippen LogP contribution in [0, 0.1) is 6.92 Å². The monoisotopic (exact) mass is 353 g/mol. The van der Waals surface area contributed by atoms with Crippen molar-refractivity contribution in [1.82, 2.24) is 14.5 Å². The van der Waals surface area contributed by atoms with Crippen LogP contribution in [0.2, 0.25) is 0 Å². The first-order valence-electron chi connectivity index (χ1n) is 8.98. The number of methoxy groups -OCH3 is 1. The minimum absolute atomic E-state index is 0.0620. The molecule has 26 heavy (non-hydrogen) atoms. The van der Waals surface area contributed by atoms with E-state index in [1.807, 2.05) is 46.9 Å². The molecule has 0 N–H and O–H groups in total. The van der Waals surface area contributed by atoms with Crippen LogP contribution in [-0.4, -0.2) is 46.7 Å². The Bertz CT molecular complexity index is 856. The third-order valence-electron chi connectivity index (χ3n) is 5.02. The lowest BCUT2D eigenvalue weighted by atomic mass is 9.97. The van der Waals surface area contributed by atoms with Crippen LogP contribution in [0.25, 0.3) is 11.8 Å². The Labute approximate surface area is 153 Å². The Morgan fingerprint density at radius 3 is 3.00 bits per heavy atom. The number of aryl methyl sites for hydroxylation is 1. The second kappa shape index (κ2) is 6.86. The highest BCUT2D eigenvalue weighted by Crippen LogP contribution is 2.31. The van der Waals surface area contributed by atoms with Crippen molar-refractivity contribution < 1.29 is 14.3 Å². The van der Waals surface area contributed by atoms with E-state index in [4.69, 9.17) is 9.47 Å². The minimum Gasteiger partial charge on any atom is -0.495 e. The standard InChI is InChI=1S/C20H23N3O3/c1-14-11-22(13-21-14)16-7-6-15(9-18(16)25-2)10-19-17-5-3-4-8-23(17)20(24)12-26-19/h6-7,9-11,13,17H,3-5,8,12H2,1-2H3. The smallest absolute Gasteiger partial charge is 0.261 e. The molecule has 2 saturated heterocycles. The second-order valence-electron chi connectivity index (χ2n) is 6.79. The predicted molar refractivity (Wildman–Crippen MR) is 98.1 cm³/mol. The van der Waals surface area contributed by atoms with E-state index >= 15 is 0 Å². The highest BCUT2D eigenvalue weighted by molar-refractivity contribution is 5.80. The number of fused-ring (bicyclic) bond motifs is 1. The van der Waals surface area contributed by atoms with E-state index < -0.39 is 0 Å². The van der Waals surface area contributed by atoms with Crippen molar-refractivity contribution in [2.24, 2.45) is 0 Å². The first-order valence-corrected chi connectivity index (χ1v) is 8.98. The number of morpholine rings is 1. The number of amides is 1. The van der Waals surface area contributed by atoms with E-state index in [-0.39, 0.29) is 18.6 Å². The largest absolute Gasteiger partial charge is 0.495 e. The molecule has 0 spiro atoms. The van der Waals surface area contributed by atoms with Gasteiger partial charge in [0.15, 0.2) is 6.61 Å². The molecule has 1 atom stereocenters. The molecule has 0 saturated carbocycles. The van der Waals surface area contributed by atoms with Gasteiger partial charge in [0.1, 0.15) is 11.5 Å². The summed E-state index contributed by atoms with van der Waals surface area (Å²) in [5.41, 5.74) is 2.89. The van der Waals surface area contributed by atoms with Crippen LogP contribution in [0.15, 0.2) is 36.5 Å². The zero-order valence-electron chi connectivity index (χ0n) is 15.1. The topological polar surface area (TPSA) is 56.6 Å². The fraction of sp³-hybridized carbons (Fsp3) is 0.400. The molecule has 6 heteroatoms. The zero-order valence-corrected chi connectivity index (χ0v) is 15.1. The Hall–Kier alpha value is -2.76. The fourth-order valence-electron chi connectivity index (χ4n) is 3.70. The quantitative estimate of drug-likeness (QED) is 0.851. The molecule has 0 bridgehead atoms. The van der Waals surface area contributed by atoms with Crippen molar-refractivity contribution >= 4 is 12.0 Å². The molecule has 1 unspecified atom stereocenters. The fourth-order valence-corrected chi connectivity index (χ4v) is 3.70. The van der Waals surface area contributed by atoms with Gasteiger partial charge in [-0.2, -0.15) is 0 Å². The van der Waals surface area contributed by atoms with Gasteiger partial charge in [0, 0.05) is 12.7 Å². The molecule has 4 rings (SSSR count). The van der Waals surface area contributed by atoms with Crippen molar-refractivity contribution in [3.63, 3.8) is 0 Å². The van der Waals surface area contributed by atoms with Crippen LogP contribution < -0.4 is 4.74 Å². The number of carbonyl (C=O) groups is 1. The molecule has 2 fully saturated rings. The molecule has 1 amide bonds. The van der Waals surface area contributed by atoms with E-state index in [1.54, 1.807) is 13.4 Å². The van der Waals surface area contributed by atoms with E-state index in [2.05, 4.69) is 4.98 Å². The Kier molecular flexibility index (Phi) is 4.41. The number of aromatic nitrogens is 2. The molecule has 136 valence electrons. The summed E-state index contributed by atoms with van der Waals surface area (Å²) in [7, 11) is 1.66. The lowest BCUT2D eigenvalue weighted by Gasteiger charge is -2.40. The molecule has 6 nitrogen and oxygen atoms in total. The van der Waals surface area contributed by atoms with Crippen LogP contribution in [0.5, 0.6) is 5.75 Å². The van der Waals surface area contributed by atoms with Crippen LogP contribution in [0.4, 0.5) is 0 Å². The van der Waals surface area contributed by atoms with Gasteiger partial charge in [0.05, 0.1) is 30.9 Å². The normalized spacial score (nSPS) is 21.5. The SMILES string of the molecule is COc1cc(C=C2OCC(=O)N3CCCCC23)ccc1-n1cnc(C)c1. The number of ether oxygens (including phenoxy) is 2. The molecule has 1 aromatic heterocycles. The van der Waals surface area contributed by atoms with E-state index in [9.17, 15) is 4.79 Å². The van der Waals surface area contributed by atoms with Gasteiger partial charge in [-0.15, -0.1) is 0 Å². The Morgan fingerprint density at radius 2 is 2.23 bits per heavy atom. The van der Waals surface area contributed by atoms with Gasteiger partial charge in [-0.3, -0.25) is 4.79 Å². The lowest BCUT2D eigenvalue weighted by Crippen LogP contribution is -2.50. The molecule has 2 aliphatic heterocycles. The van der Waals surface area contributed by atoms with Crippen LogP contribution >= 0.6 is 0 Å². The molecule has 2 aliphatic rings. The van der Waals surface area contributed by atoms with Crippen molar-refractivity contribution in [2.75, 3.05) is 20.3 Å². The average Bonchev–Trinajstić information content (AvgIpc) is 3.10. The summed E-state index contributed by atoms with van der Waals surface area (Å²) in [6.45, 7) is 2.91. The summed E-state index contributed by atoms with van der Waals surface area (Å²) < 4.78 is 13.3. The van der Waals surface area contributed by atoms with Gasteiger partial charge in [-0.1, -0.05) is 6.07 Å².